The first-order chi connectivity index (χ1) is 8.86. The third kappa shape index (κ3) is 2.75. The zero-order chi connectivity index (χ0) is 12.8. The molecule has 1 N–H and O–H groups in total. The molecule has 0 aliphatic heterocycles. The van der Waals surface area contributed by atoms with Crippen molar-refractivity contribution in [1.82, 2.24) is 9.88 Å². The van der Waals surface area contributed by atoms with E-state index in [1.165, 1.54) is 16.5 Å². The fourth-order valence-corrected chi connectivity index (χ4v) is 2.26. The van der Waals surface area contributed by atoms with E-state index >= 15 is 0 Å². The summed E-state index contributed by atoms with van der Waals surface area (Å²) in [6, 6.07) is 8.57. The standard InChI is InChI=1S/C16H20N2/c1-3-5-8-11-18-13-14(12-17-4-2)15-9-6-7-10-16(15)18/h1,6-7,9-10,13,17H,4-5,8,11-12H2,2H3. The molecule has 1 heterocycles. The molecule has 1 aromatic carbocycles. The number of rotatable bonds is 6. The van der Waals surface area contributed by atoms with Gasteiger partial charge in [-0.15, -0.1) is 12.3 Å². The van der Waals surface area contributed by atoms with E-state index in [-0.39, 0.29) is 0 Å². The van der Waals surface area contributed by atoms with Gasteiger partial charge in [-0.2, -0.15) is 0 Å². The molecule has 0 unspecified atom stereocenters. The smallest absolute Gasteiger partial charge is 0.0483 e. The Bertz CT molecular complexity index is 546. The summed E-state index contributed by atoms with van der Waals surface area (Å²) in [6.45, 7) is 5.05. The van der Waals surface area contributed by atoms with Gasteiger partial charge >= 0.3 is 0 Å². The quantitative estimate of drug-likeness (QED) is 0.606. The van der Waals surface area contributed by atoms with Crippen LogP contribution in [0.4, 0.5) is 0 Å². The maximum Gasteiger partial charge on any atom is 0.0483 e. The average molecular weight is 240 g/mol. The molecule has 0 fully saturated rings. The number of hydrogen-bond acceptors (Lipinski definition) is 1. The molecule has 0 radical (unpaired) electrons. The van der Waals surface area contributed by atoms with Crippen LogP contribution in [0.15, 0.2) is 30.5 Å². The molecule has 0 spiro atoms. The van der Waals surface area contributed by atoms with Gasteiger partial charge in [0, 0.05) is 36.6 Å². The second-order valence-electron chi connectivity index (χ2n) is 4.45. The lowest BCUT2D eigenvalue weighted by atomic mass is 10.2. The van der Waals surface area contributed by atoms with Crippen molar-refractivity contribution in [3.63, 3.8) is 0 Å². The van der Waals surface area contributed by atoms with Gasteiger partial charge in [0.1, 0.15) is 0 Å². The van der Waals surface area contributed by atoms with Crippen LogP contribution in [-0.4, -0.2) is 11.1 Å². The Hall–Kier alpha value is -1.72. The zero-order valence-electron chi connectivity index (χ0n) is 10.9. The predicted octanol–water partition coefficient (Wildman–Crippen LogP) is 3.16. The second-order valence-corrected chi connectivity index (χ2v) is 4.45. The fraction of sp³-hybridized carbons (Fsp3) is 0.375. The normalized spacial score (nSPS) is 10.7. The zero-order valence-corrected chi connectivity index (χ0v) is 10.9. The molecule has 18 heavy (non-hydrogen) atoms. The summed E-state index contributed by atoms with van der Waals surface area (Å²) in [7, 11) is 0. The molecule has 2 aromatic rings. The number of hydrogen-bond donors (Lipinski definition) is 1. The number of aryl methyl sites for hydroxylation is 1. The lowest BCUT2D eigenvalue weighted by Crippen LogP contribution is -2.11. The van der Waals surface area contributed by atoms with Crippen LogP contribution in [0.25, 0.3) is 10.9 Å². The number of aromatic nitrogens is 1. The van der Waals surface area contributed by atoms with E-state index in [4.69, 9.17) is 6.42 Å². The number of nitrogens with one attached hydrogen (secondary N) is 1. The maximum atomic E-state index is 5.31. The molecular formula is C16H20N2. The molecule has 2 nitrogen and oxygen atoms in total. The fourth-order valence-electron chi connectivity index (χ4n) is 2.26. The lowest BCUT2D eigenvalue weighted by molar-refractivity contribution is 0.669. The van der Waals surface area contributed by atoms with Crippen molar-refractivity contribution < 1.29 is 0 Å². The van der Waals surface area contributed by atoms with Crippen molar-refractivity contribution in [1.29, 1.82) is 0 Å². The molecular weight excluding hydrogens is 220 g/mol. The minimum Gasteiger partial charge on any atom is -0.347 e. The highest BCUT2D eigenvalue weighted by molar-refractivity contribution is 5.83. The van der Waals surface area contributed by atoms with E-state index in [1.807, 2.05) is 0 Å². The van der Waals surface area contributed by atoms with E-state index in [0.717, 1.165) is 32.5 Å². The van der Waals surface area contributed by atoms with E-state index in [2.05, 4.69) is 53.2 Å². The van der Waals surface area contributed by atoms with Gasteiger partial charge in [0.05, 0.1) is 0 Å². The van der Waals surface area contributed by atoms with Crippen molar-refractivity contribution >= 4 is 10.9 Å². The van der Waals surface area contributed by atoms with Crippen molar-refractivity contribution in [2.45, 2.75) is 32.9 Å². The first-order valence-electron chi connectivity index (χ1n) is 6.57. The van der Waals surface area contributed by atoms with Crippen molar-refractivity contribution in [3.05, 3.63) is 36.0 Å². The molecule has 2 rings (SSSR count). The molecule has 0 aliphatic carbocycles. The Balaban J connectivity index is 2.26. The van der Waals surface area contributed by atoms with Crippen molar-refractivity contribution in [2.75, 3.05) is 6.54 Å². The maximum absolute atomic E-state index is 5.31. The van der Waals surface area contributed by atoms with E-state index in [1.54, 1.807) is 0 Å². The molecule has 0 aliphatic rings. The summed E-state index contributed by atoms with van der Waals surface area (Å²) in [5.74, 6) is 2.70. The molecule has 94 valence electrons. The summed E-state index contributed by atoms with van der Waals surface area (Å²) in [4.78, 5) is 0. The van der Waals surface area contributed by atoms with Crippen LogP contribution in [0.2, 0.25) is 0 Å². The number of unbranched alkanes of at least 4 members (excludes halogenated alkanes) is 1. The Labute approximate surface area is 109 Å². The molecule has 0 saturated heterocycles. The number of benzene rings is 1. The van der Waals surface area contributed by atoms with Gasteiger partial charge in [-0.25, -0.2) is 0 Å². The summed E-state index contributed by atoms with van der Waals surface area (Å²) >= 11 is 0. The Morgan fingerprint density at radius 2 is 2.17 bits per heavy atom. The summed E-state index contributed by atoms with van der Waals surface area (Å²) in [5, 5.41) is 4.74. The average Bonchev–Trinajstić information content (AvgIpc) is 2.76. The monoisotopic (exact) mass is 240 g/mol. The van der Waals surface area contributed by atoms with Gasteiger partial charge in [-0.1, -0.05) is 25.1 Å². The van der Waals surface area contributed by atoms with Crippen LogP contribution in [0, 0.1) is 12.3 Å². The van der Waals surface area contributed by atoms with E-state index in [9.17, 15) is 0 Å². The highest BCUT2D eigenvalue weighted by Crippen LogP contribution is 2.21. The number of fused-ring (bicyclic) bond motifs is 1. The minimum atomic E-state index is 0.842. The Kier molecular flexibility index (Phi) is 4.44. The minimum absolute atomic E-state index is 0.842. The van der Waals surface area contributed by atoms with Gasteiger partial charge in [-0.3, -0.25) is 0 Å². The third-order valence-corrected chi connectivity index (χ3v) is 3.16. The van der Waals surface area contributed by atoms with Crippen LogP contribution < -0.4 is 5.32 Å². The second kappa shape index (κ2) is 6.28. The Morgan fingerprint density at radius 3 is 2.94 bits per heavy atom. The highest BCUT2D eigenvalue weighted by Gasteiger charge is 2.06. The van der Waals surface area contributed by atoms with Gasteiger partial charge in [0.2, 0.25) is 0 Å². The number of para-hydroxylation sites is 1. The van der Waals surface area contributed by atoms with Gasteiger partial charge in [0.15, 0.2) is 0 Å². The number of terminal acetylenes is 1. The van der Waals surface area contributed by atoms with Crippen LogP contribution in [-0.2, 0) is 13.1 Å². The third-order valence-electron chi connectivity index (χ3n) is 3.16. The van der Waals surface area contributed by atoms with Gasteiger partial charge in [-0.05, 0) is 24.6 Å². The van der Waals surface area contributed by atoms with Crippen LogP contribution in [0.3, 0.4) is 0 Å². The largest absolute Gasteiger partial charge is 0.347 e. The van der Waals surface area contributed by atoms with Crippen LogP contribution >= 0.6 is 0 Å². The van der Waals surface area contributed by atoms with Crippen LogP contribution in [0.5, 0.6) is 0 Å². The predicted molar refractivity (Wildman–Crippen MR) is 77.4 cm³/mol. The molecule has 0 amide bonds. The first kappa shape index (κ1) is 12.7. The van der Waals surface area contributed by atoms with E-state index in [0.29, 0.717) is 0 Å². The lowest BCUT2D eigenvalue weighted by Gasteiger charge is -2.02. The Morgan fingerprint density at radius 1 is 1.33 bits per heavy atom. The molecule has 0 saturated carbocycles. The SMILES string of the molecule is C#CCCCn1cc(CNCC)c2ccccc21. The topological polar surface area (TPSA) is 17.0 Å². The van der Waals surface area contributed by atoms with Gasteiger partial charge < -0.3 is 9.88 Å². The summed E-state index contributed by atoms with van der Waals surface area (Å²) in [6.07, 6.45) is 9.44. The molecule has 1 aromatic heterocycles. The summed E-state index contributed by atoms with van der Waals surface area (Å²) < 4.78 is 2.32. The number of nitrogens with zero attached hydrogens (tertiary/aromatic N) is 1. The van der Waals surface area contributed by atoms with Crippen LogP contribution in [0.1, 0.15) is 25.3 Å². The van der Waals surface area contributed by atoms with Gasteiger partial charge in [0.25, 0.3) is 0 Å². The highest BCUT2D eigenvalue weighted by atomic mass is 15.0. The van der Waals surface area contributed by atoms with E-state index < -0.39 is 0 Å². The molecule has 0 bridgehead atoms. The molecule has 2 heteroatoms. The van der Waals surface area contributed by atoms with Crippen molar-refractivity contribution in [2.24, 2.45) is 0 Å². The molecule has 0 atom stereocenters. The first-order valence-corrected chi connectivity index (χ1v) is 6.57. The summed E-state index contributed by atoms with van der Waals surface area (Å²) in [5.41, 5.74) is 2.68. The van der Waals surface area contributed by atoms with Crippen molar-refractivity contribution in [3.8, 4) is 12.3 Å².